The molecule has 0 bridgehead atoms. The van der Waals surface area contributed by atoms with Crippen LogP contribution in [0.3, 0.4) is 0 Å². The molecule has 116 valence electrons. The van der Waals surface area contributed by atoms with Gasteiger partial charge in [-0.25, -0.2) is 13.1 Å². The maximum Gasteiger partial charge on any atom is 0.289 e. The highest BCUT2D eigenvalue weighted by molar-refractivity contribution is 7.89. The molecular formula is C13H19N3O4S. The second-order valence-electron chi connectivity index (χ2n) is 5.18. The number of sulfonamides is 1. The molecular weight excluding hydrogens is 294 g/mol. The number of nitrogens with one attached hydrogen (secondary N) is 2. The van der Waals surface area contributed by atoms with Gasteiger partial charge in [0.1, 0.15) is 0 Å². The van der Waals surface area contributed by atoms with Crippen LogP contribution < -0.4 is 10.0 Å². The molecule has 1 heterocycles. The van der Waals surface area contributed by atoms with Crippen LogP contribution in [0.2, 0.25) is 0 Å². The van der Waals surface area contributed by atoms with E-state index < -0.39 is 14.9 Å². The van der Waals surface area contributed by atoms with Crippen molar-refractivity contribution >= 4 is 15.7 Å². The zero-order valence-corrected chi connectivity index (χ0v) is 12.6. The summed E-state index contributed by atoms with van der Waals surface area (Å²) < 4.78 is 27.7. The molecule has 1 aromatic rings. The summed E-state index contributed by atoms with van der Waals surface area (Å²) in [6.45, 7) is 3.17. The smallest absolute Gasteiger partial charge is 0.289 e. The van der Waals surface area contributed by atoms with Gasteiger partial charge in [-0.1, -0.05) is 12.1 Å². The van der Waals surface area contributed by atoms with Crippen molar-refractivity contribution in [3.63, 3.8) is 0 Å². The molecule has 1 saturated heterocycles. The fraction of sp³-hybridized carbons (Fsp3) is 0.538. The second-order valence-corrected chi connectivity index (χ2v) is 6.83. The Bertz CT molecular complexity index is 622. The van der Waals surface area contributed by atoms with Gasteiger partial charge in [0.15, 0.2) is 4.90 Å². The van der Waals surface area contributed by atoms with Gasteiger partial charge in [-0.2, -0.15) is 0 Å². The largest absolute Gasteiger partial charge is 0.317 e. The average Bonchev–Trinajstić information content (AvgIpc) is 2.66. The van der Waals surface area contributed by atoms with Crippen molar-refractivity contribution in [1.29, 1.82) is 0 Å². The van der Waals surface area contributed by atoms with Crippen molar-refractivity contribution < 1.29 is 13.3 Å². The number of hydrogen-bond acceptors (Lipinski definition) is 5. The Morgan fingerprint density at radius 2 is 2.10 bits per heavy atom. The van der Waals surface area contributed by atoms with Crippen LogP contribution in [0.25, 0.3) is 0 Å². The van der Waals surface area contributed by atoms with Crippen molar-refractivity contribution in [2.45, 2.75) is 37.1 Å². The number of nitro benzene ring substituents is 1. The number of nitro groups is 1. The lowest BCUT2D eigenvalue weighted by Gasteiger charge is -2.17. The van der Waals surface area contributed by atoms with Crippen molar-refractivity contribution in [1.82, 2.24) is 10.0 Å². The number of aryl methyl sites for hydroxylation is 1. The van der Waals surface area contributed by atoms with Crippen molar-refractivity contribution in [3.05, 3.63) is 33.9 Å². The molecule has 0 radical (unpaired) electrons. The van der Waals surface area contributed by atoms with Crippen molar-refractivity contribution in [2.24, 2.45) is 0 Å². The summed E-state index contributed by atoms with van der Waals surface area (Å²) in [6.07, 6.45) is 2.29. The molecule has 2 N–H and O–H groups in total. The molecule has 1 unspecified atom stereocenters. The van der Waals surface area contributed by atoms with Crippen LogP contribution in [0.5, 0.6) is 0 Å². The van der Waals surface area contributed by atoms with Crippen LogP contribution >= 0.6 is 0 Å². The quantitative estimate of drug-likeness (QED) is 0.645. The lowest BCUT2D eigenvalue weighted by atomic mass is 10.1. The van der Waals surface area contributed by atoms with E-state index in [0.29, 0.717) is 12.0 Å². The van der Waals surface area contributed by atoms with E-state index in [1.807, 2.05) is 0 Å². The highest BCUT2D eigenvalue weighted by atomic mass is 32.2. The first-order valence-corrected chi connectivity index (χ1v) is 8.37. The van der Waals surface area contributed by atoms with E-state index in [2.05, 4.69) is 10.0 Å². The van der Waals surface area contributed by atoms with Crippen molar-refractivity contribution in [3.8, 4) is 0 Å². The minimum Gasteiger partial charge on any atom is -0.317 e. The fourth-order valence-corrected chi connectivity index (χ4v) is 4.25. The third kappa shape index (κ3) is 3.78. The Labute approximate surface area is 123 Å². The van der Waals surface area contributed by atoms with E-state index in [1.165, 1.54) is 12.1 Å². The van der Waals surface area contributed by atoms with Gasteiger partial charge in [0.25, 0.3) is 5.69 Å². The number of nitrogens with zero attached hydrogens (tertiary/aromatic N) is 1. The van der Waals surface area contributed by atoms with E-state index in [-0.39, 0.29) is 16.6 Å². The molecule has 2 rings (SSSR count). The molecule has 0 aromatic heterocycles. The molecule has 0 spiro atoms. The summed E-state index contributed by atoms with van der Waals surface area (Å²) in [4.78, 5) is 10.2. The summed E-state index contributed by atoms with van der Waals surface area (Å²) in [5, 5.41) is 14.3. The fourth-order valence-electron chi connectivity index (χ4n) is 2.55. The van der Waals surface area contributed by atoms with Gasteiger partial charge in [0.2, 0.25) is 10.0 Å². The van der Waals surface area contributed by atoms with Gasteiger partial charge in [-0.05, 0) is 44.8 Å². The maximum absolute atomic E-state index is 12.5. The van der Waals surface area contributed by atoms with E-state index in [1.54, 1.807) is 13.0 Å². The zero-order valence-electron chi connectivity index (χ0n) is 11.8. The first kappa shape index (κ1) is 15.9. The van der Waals surface area contributed by atoms with E-state index in [9.17, 15) is 18.5 Å². The summed E-state index contributed by atoms with van der Waals surface area (Å²) in [7, 11) is -3.90. The monoisotopic (exact) mass is 313 g/mol. The van der Waals surface area contributed by atoms with E-state index >= 15 is 0 Å². The van der Waals surface area contributed by atoms with Crippen LogP contribution in [0.15, 0.2) is 23.1 Å². The molecule has 1 fully saturated rings. The number of benzene rings is 1. The highest BCUT2D eigenvalue weighted by Gasteiger charge is 2.29. The topological polar surface area (TPSA) is 101 Å². The zero-order chi connectivity index (χ0) is 15.5. The second kappa shape index (κ2) is 6.50. The minimum atomic E-state index is -3.90. The Kier molecular flexibility index (Phi) is 4.92. The molecule has 1 aromatic carbocycles. The Morgan fingerprint density at radius 3 is 2.81 bits per heavy atom. The van der Waals surface area contributed by atoms with Crippen LogP contribution in [-0.2, 0) is 10.0 Å². The molecule has 1 aliphatic heterocycles. The third-order valence-corrected chi connectivity index (χ3v) is 5.27. The Hall–Kier alpha value is -1.51. The molecule has 0 saturated carbocycles. The molecule has 1 atom stereocenters. The predicted octanol–water partition coefficient (Wildman–Crippen LogP) is 1.32. The van der Waals surface area contributed by atoms with Gasteiger partial charge in [-0.15, -0.1) is 0 Å². The van der Waals surface area contributed by atoms with Crippen LogP contribution in [0.1, 0.15) is 24.8 Å². The Morgan fingerprint density at radius 1 is 1.33 bits per heavy atom. The van der Waals surface area contributed by atoms with Crippen molar-refractivity contribution in [2.75, 3.05) is 13.1 Å². The number of hydrogen-bond donors (Lipinski definition) is 2. The summed E-state index contributed by atoms with van der Waals surface area (Å²) in [5.41, 5.74) is -0.00214. The summed E-state index contributed by atoms with van der Waals surface area (Å²) in [5.74, 6) is 0. The summed E-state index contributed by atoms with van der Waals surface area (Å²) in [6, 6.07) is 4.08. The van der Waals surface area contributed by atoms with Gasteiger partial charge in [0, 0.05) is 12.1 Å². The van der Waals surface area contributed by atoms with Gasteiger partial charge < -0.3 is 5.32 Å². The molecule has 0 amide bonds. The maximum atomic E-state index is 12.5. The van der Waals surface area contributed by atoms with Gasteiger partial charge in [-0.3, -0.25) is 10.1 Å². The minimum absolute atomic E-state index is 0.191. The van der Waals surface area contributed by atoms with E-state index in [0.717, 1.165) is 25.9 Å². The standard InChI is InChI=1S/C13H19N3O4S/c1-10-4-2-6-12(16(17)18)13(10)21(19,20)15-11-5-3-8-14-9-7-11/h2,4,6,11,14-15H,3,5,7-9H2,1H3. The normalized spacial score (nSPS) is 20.0. The van der Waals surface area contributed by atoms with Gasteiger partial charge in [0.05, 0.1) is 4.92 Å². The lowest BCUT2D eigenvalue weighted by Crippen LogP contribution is -2.36. The molecule has 7 nitrogen and oxygen atoms in total. The first-order valence-electron chi connectivity index (χ1n) is 6.89. The highest BCUT2D eigenvalue weighted by Crippen LogP contribution is 2.27. The third-order valence-electron chi connectivity index (χ3n) is 3.55. The SMILES string of the molecule is Cc1cccc([N+](=O)[O-])c1S(=O)(=O)NC1CCCNCC1. The lowest BCUT2D eigenvalue weighted by molar-refractivity contribution is -0.387. The van der Waals surface area contributed by atoms with Crippen LogP contribution in [0.4, 0.5) is 5.69 Å². The predicted molar refractivity (Wildman–Crippen MR) is 78.7 cm³/mol. The Balaban J connectivity index is 2.33. The summed E-state index contributed by atoms with van der Waals surface area (Å²) >= 11 is 0. The molecule has 21 heavy (non-hydrogen) atoms. The molecule has 1 aliphatic rings. The van der Waals surface area contributed by atoms with Crippen LogP contribution in [0, 0.1) is 17.0 Å². The number of rotatable bonds is 4. The average molecular weight is 313 g/mol. The van der Waals surface area contributed by atoms with Crippen LogP contribution in [-0.4, -0.2) is 32.5 Å². The molecule has 0 aliphatic carbocycles. The molecule has 8 heteroatoms. The first-order chi connectivity index (χ1) is 9.92. The van der Waals surface area contributed by atoms with Gasteiger partial charge >= 0.3 is 0 Å². The van der Waals surface area contributed by atoms with E-state index in [4.69, 9.17) is 0 Å².